The Labute approximate surface area is 229 Å². The molecule has 0 saturated heterocycles. The molecule has 0 aromatic heterocycles. The van der Waals surface area contributed by atoms with Crippen molar-refractivity contribution < 1.29 is 23.3 Å². The average molecular weight is 570 g/mol. The predicted molar refractivity (Wildman–Crippen MR) is 155 cm³/mol. The van der Waals surface area contributed by atoms with E-state index in [0.29, 0.717) is 0 Å². The van der Waals surface area contributed by atoms with Crippen molar-refractivity contribution >= 4 is 38.6 Å². The van der Waals surface area contributed by atoms with Crippen LogP contribution >= 0.6 is 11.6 Å². The van der Waals surface area contributed by atoms with Crippen molar-refractivity contribution in [3.05, 3.63) is 81.9 Å². The van der Waals surface area contributed by atoms with Gasteiger partial charge < -0.3 is 0 Å². The molecule has 0 atom stereocenters. The van der Waals surface area contributed by atoms with E-state index in [1.54, 1.807) is 23.3 Å². The van der Waals surface area contributed by atoms with Crippen LogP contribution in [0.15, 0.2) is 48.5 Å². The molecule has 4 rings (SSSR count). The molecule has 3 heteroatoms. The third kappa shape index (κ3) is 9.25. The third-order valence-electron chi connectivity index (χ3n) is 5.72. The minimum atomic E-state index is 0.210. The SMILES string of the molecule is CCCc1ccc(C)c2[cH-]c(C)cc12.CCCc1ccc(C)c2[cH-]c(C)cc12.CCl.C[Si](C)=[Zr+2]. The van der Waals surface area contributed by atoms with Crippen LogP contribution in [0.1, 0.15) is 60.1 Å². The van der Waals surface area contributed by atoms with E-state index in [2.05, 4.69) is 115 Å². The van der Waals surface area contributed by atoms with Crippen molar-refractivity contribution in [2.75, 3.05) is 6.38 Å². The van der Waals surface area contributed by atoms with Crippen molar-refractivity contribution in [3.63, 3.8) is 0 Å². The van der Waals surface area contributed by atoms with E-state index in [4.69, 9.17) is 0 Å². The van der Waals surface area contributed by atoms with E-state index >= 15 is 0 Å². The molecule has 0 aliphatic rings. The van der Waals surface area contributed by atoms with Gasteiger partial charge in [0, 0.05) is 6.38 Å². The van der Waals surface area contributed by atoms with Crippen LogP contribution in [-0.2, 0) is 36.2 Å². The molecule has 0 N–H and O–H groups in total. The van der Waals surface area contributed by atoms with Crippen LogP contribution in [0.3, 0.4) is 0 Å². The monoisotopic (exact) mass is 568 g/mol. The molecule has 4 aromatic carbocycles. The van der Waals surface area contributed by atoms with Crippen LogP contribution in [0.4, 0.5) is 0 Å². The summed E-state index contributed by atoms with van der Waals surface area (Å²) in [6.07, 6.45) is 6.31. The number of fused-ring (bicyclic) bond motifs is 2. The maximum absolute atomic E-state index is 4.64. The number of rotatable bonds is 4. The zero-order chi connectivity index (χ0) is 25.8. The summed E-state index contributed by atoms with van der Waals surface area (Å²) < 4.78 is 0. The van der Waals surface area contributed by atoms with Gasteiger partial charge in [0.2, 0.25) is 0 Å². The molecule has 0 fully saturated rings. The van der Waals surface area contributed by atoms with Gasteiger partial charge in [-0.1, -0.05) is 77.6 Å². The average Bonchev–Trinajstić information content (AvgIpc) is 3.38. The number of aryl methyl sites for hydroxylation is 6. The van der Waals surface area contributed by atoms with Crippen molar-refractivity contribution in [1.82, 2.24) is 0 Å². The van der Waals surface area contributed by atoms with E-state index in [0.717, 1.165) is 0 Å². The van der Waals surface area contributed by atoms with Gasteiger partial charge >= 0.3 is 41.9 Å². The van der Waals surface area contributed by atoms with Gasteiger partial charge in [0.15, 0.2) is 0 Å². The standard InChI is InChI=1S/2C14H17.C2H6Si.CH3Cl.Zr/c2*1-4-5-12-7-6-11(3)13-8-10(2)9-14(12)13;1-3-2;1-2;/h2*6-9H,4-5H2,1-3H3;1-2H3;1H3;/q2*-1;;;+2. The Morgan fingerprint density at radius 3 is 1.32 bits per heavy atom. The van der Waals surface area contributed by atoms with Crippen LogP contribution in [0, 0.1) is 27.7 Å². The van der Waals surface area contributed by atoms with Crippen LogP contribution in [-0.4, -0.2) is 11.8 Å². The van der Waals surface area contributed by atoms with Gasteiger partial charge in [-0.3, -0.25) is 0 Å². The Hall–Kier alpha value is -0.950. The first-order valence-electron chi connectivity index (χ1n) is 12.4. The first kappa shape index (κ1) is 31.1. The van der Waals surface area contributed by atoms with Crippen LogP contribution in [0.25, 0.3) is 21.5 Å². The van der Waals surface area contributed by atoms with Gasteiger partial charge in [-0.05, 0) is 12.8 Å². The molecule has 34 heavy (non-hydrogen) atoms. The zero-order valence-corrected chi connectivity index (χ0v) is 27.0. The van der Waals surface area contributed by atoms with Crippen LogP contribution in [0.2, 0.25) is 13.1 Å². The first-order chi connectivity index (χ1) is 16.2. The number of alkyl halides is 1. The third-order valence-corrected chi connectivity index (χ3v) is 5.72. The Morgan fingerprint density at radius 2 is 1.03 bits per heavy atom. The van der Waals surface area contributed by atoms with E-state index in [-0.39, 0.29) is 5.43 Å². The quantitative estimate of drug-likeness (QED) is 0.130. The molecule has 182 valence electrons. The molecule has 0 bridgehead atoms. The first-order valence-corrected chi connectivity index (χ1v) is 19.3. The van der Waals surface area contributed by atoms with Crippen LogP contribution in [0.5, 0.6) is 0 Å². The Bertz CT molecular complexity index is 1090. The van der Waals surface area contributed by atoms with Gasteiger partial charge in [0.05, 0.1) is 0 Å². The summed E-state index contributed by atoms with van der Waals surface area (Å²) in [5.74, 6) is 0. The molecular formula is C31H43ClSiZr. The van der Waals surface area contributed by atoms with E-state index < -0.39 is 0 Å². The second-order valence-corrected chi connectivity index (χ2v) is 18.7. The summed E-state index contributed by atoms with van der Waals surface area (Å²) in [5.41, 5.74) is 8.77. The number of hydrogen-bond acceptors (Lipinski definition) is 0. The summed E-state index contributed by atoms with van der Waals surface area (Å²) >= 11 is 6.38. The van der Waals surface area contributed by atoms with Crippen molar-refractivity contribution in [2.24, 2.45) is 0 Å². The second-order valence-electron chi connectivity index (χ2n) is 9.30. The fourth-order valence-electron chi connectivity index (χ4n) is 4.27. The minimum absolute atomic E-state index is 0.210. The molecule has 4 aromatic rings. The number of halogens is 1. The Kier molecular flexibility index (Phi) is 14.6. The summed E-state index contributed by atoms with van der Waals surface area (Å²) in [6, 6.07) is 18.3. The van der Waals surface area contributed by atoms with E-state index in [1.807, 2.05) is 0 Å². The molecule has 0 saturated carbocycles. The van der Waals surface area contributed by atoms with Crippen molar-refractivity contribution in [2.45, 2.75) is 80.3 Å². The molecule has 0 aliphatic carbocycles. The summed E-state index contributed by atoms with van der Waals surface area (Å²) in [4.78, 5) is 0. The molecule has 0 unspecified atom stereocenters. The van der Waals surface area contributed by atoms with E-state index in [9.17, 15) is 0 Å². The zero-order valence-electron chi connectivity index (χ0n) is 22.8. The normalized spacial score (nSPS) is 10.1. The predicted octanol–water partition coefficient (Wildman–Crippen LogP) is 9.90. The molecule has 0 radical (unpaired) electrons. The fraction of sp³-hybridized carbons (Fsp3) is 0.419. The maximum atomic E-state index is 4.64. The molecule has 0 aliphatic heterocycles. The number of benzene rings is 2. The fourth-order valence-corrected chi connectivity index (χ4v) is 4.27. The van der Waals surface area contributed by atoms with E-state index in [1.165, 1.54) is 87.0 Å². The van der Waals surface area contributed by atoms with Gasteiger partial charge in [-0.15, -0.1) is 79.7 Å². The topological polar surface area (TPSA) is 0 Å². The van der Waals surface area contributed by atoms with Gasteiger partial charge in [0.1, 0.15) is 0 Å². The summed E-state index contributed by atoms with van der Waals surface area (Å²) in [5, 5.41) is 5.80. The molecule has 0 nitrogen and oxygen atoms in total. The molecular weight excluding hydrogens is 527 g/mol. The summed E-state index contributed by atoms with van der Waals surface area (Å²) in [6.45, 7) is 17.8. The Morgan fingerprint density at radius 1 is 0.706 bits per heavy atom. The molecule has 0 heterocycles. The van der Waals surface area contributed by atoms with Crippen LogP contribution < -0.4 is 0 Å². The molecule has 0 amide bonds. The van der Waals surface area contributed by atoms with Gasteiger partial charge in [-0.2, -0.15) is 12.1 Å². The number of hydrogen-bond donors (Lipinski definition) is 0. The van der Waals surface area contributed by atoms with Gasteiger partial charge in [0.25, 0.3) is 0 Å². The van der Waals surface area contributed by atoms with Crippen molar-refractivity contribution in [3.8, 4) is 0 Å². The van der Waals surface area contributed by atoms with Crippen molar-refractivity contribution in [1.29, 1.82) is 0 Å². The second kappa shape index (κ2) is 15.9. The molecule has 0 spiro atoms. The van der Waals surface area contributed by atoms with Gasteiger partial charge in [-0.25, -0.2) is 0 Å². The summed E-state index contributed by atoms with van der Waals surface area (Å²) in [7, 11) is 0. The Balaban J connectivity index is 0.000000277.